The van der Waals surface area contributed by atoms with E-state index >= 15 is 0 Å². The van der Waals surface area contributed by atoms with Gasteiger partial charge in [0.15, 0.2) is 0 Å². The van der Waals surface area contributed by atoms with Gasteiger partial charge in [-0.05, 0) is 57.2 Å². The van der Waals surface area contributed by atoms with Crippen LogP contribution in [0.3, 0.4) is 0 Å². The number of alkyl carbamates (subject to hydrolysis) is 1. The van der Waals surface area contributed by atoms with Gasteiger partial charge in [0.2, 0.25) is 0 Å². The molecule has 0 aliphatic carbocycles. The lowest BCUT2D eigenvalue weighted by atomic mass is 10.1. The molecule has 6 nitrogen and oxygen atoms in total. The van der Waals surface area contributed by atoms with Crippen molar-refractivity contribution in [2.75, 3.05) is 0 Å². The number of ether oxygens (including phenoxy) is 1. The molecule has 7 heteroatoms. The molecule has 2 aromatic rings. The molecular weight excluding hydrogens is 388 g/mol. The number of nitrogens with zero attached hydrogens (tertiary/aromatic N) is 1. The molecule has 0 radical (unpaired) electrons. The first-order chi connectivity index (χ1) is 11.7. The average molecular weight is 409 g/mol. The number of benzene rings is 1. The molecule has 2 N–H and O–H groups in total. The van der Waals surface area contributed by atoms with Crippen LogP contribution in [-0.2, 0) is 16.0 Å². The van der Waals surface area contributed by atoms with Crippen molar-refractivity contribution in [3.63, 3.8) is 0 Å². The molecule has 1 atom stereocenters. The van der Waals surface area contributed by atoms with Crippen molar-refractivity contribution in [2.24, 2.45) is 0 Å². The van der Waals surface area contributed by atoms with Gasteiger partial charge >= 0.3 is 12.1 Å². The largest absolute Gasteiger partial charge is 0.480 e. The lowest BCUT2D eigenvalue weighted by Crippen LogP contribution is -2.44. The van der Waals surface area contributed by atoms with Crippen molar-refractivity contribution in [1.82, 2.24) is 9.88 Å². The van der Waals surface area contributed by atoms with Gasteiger partial charge in [-0.25, -0.2) is 9.59 Å². The van der Waals surface area contributed by atoms with Crippen LogP contribution < -0.4 is 5.32 Å². The lowest BCUT2D eigenvalue weighted by Gasteiger charge is -2.22. The van der Waals surface area contributed by atoms with Crippen molar-refractivity contribution in [3.05, 3.63) is 52.8 Å². The highest BCUT2D eigenvalue weighted by Gasteiger charge is 2.25. The number of halogens is 1. The average Bonchev–Trinajstić information content (AvgIpc) is 2.93. The van der Waals surface area contributed by atoms with Crippen LogP contribution in [0.2, 0.25) is 0 Å². The van der Waals surface area contributed by atoms with Gasteiger partial charge in [0.25, 0.3) is 0 Å². The van der Waals surface area contributed by atoms with Crippen molar-refractivity contribution in [3.8, 4) is 5.69 Å². The quantitative estimate of drug-likeness (QED) is 0.788. The Morgan fingerprint density at radius 2 is 1.88 bits per heavy atom. The summed E-state index contributed by atoms with van der Waals surface area (Å²) in [7, 11) is 0. The topological polar surface area (TPSA) is 80.6 Å². The van der Waals surface area contributed by atoms with Crippen LogP contribution in [0.4, 0.5) is 4.79 Å². The third kappa shape index (κ3) is 5.63. The number of hydrogen-bond acceptors (Lipinski definition) is 3. The molecule has 1 unspecified atom stereocenters. The van der Waals surface area contributed by atoms with Crippen LogP contribution in [0.1, 0.15) is 26.5 Å². The van der Waals surface area contributed by atoms with E-state index in [1.807, 2.05) is 47.2 Å². The molecule has 1 amide bonds. The third-order valence-corrected chi connectivity index (χ3v) is 3.87. The summed E-state index contributed by atoms with van der Waals surface area (Å²) in [6, 6.07) is 10.2. The highest BCUT2D eigenvalue weighted by Crippen LogP contribution is 2.18. The van der Waals surface area contributed by atoms with E-state index in [2.05, 4.69) is 21.2 Å². The van der Waals surface area contributed by atoms with E-state index < -0.39 is 23.7 Å². The van der Waals surface area contributed by atoms with E-state index in [-0.39, 0.29) is 6.42 Å². The van der Waals surface area contributed by atoms with Gasteiger partial charge < -0.3 is 19.7 Å². The second kappa shape index (κ2) is 7.74. The molecule has 1 aromatic heterocycles. The Bertz CT molecular complexity index is 747. The fraction of sp³-hybridized carbons (Fsp3) is 0.333. The SMILES string of the molecule is CC(C)(C)OC(=O)NC(Cc1cccn1-c1ccc(Br)cc1)C(=O)O. The molecule has 0 bridgehead atoms. The zero-order valence-electron chi connectivity index (χ0n) is 14.3. The monoisotopic (exact) mass is 408 g/mol. The summed E-state index contributed by atoms with van der Waals surface area (Å²) in [6.45, 7) is 5.17. The highest BCUT2D eigenvalue weighted by atomic mass is 79.9. The van der Waals surface area contributed by atoms with Gasteiger partial charge in [-0.3, -0.25) is 0 Å². The van der Waals surface area contributed by atoms with E-state index in [1.165, 1.54) is 0 Å². The summed E-state index contributed by atoms with van der Waals surface area (Å²) in [5, 5.41) is 11.8. The Kier molecular flexibility index (Phi) is 5.89. The number of aromatic nitrogens is 1. The Balaban J connectivity index is 2.16. The van der Waals surface area contributed by atoms with Crippen LogP contribution in [0.15, 0.2) is 47.1 Å². The van der Waals surface area contributed by atoms with E-state index in [9.17, 15) is 14.7 Å². The Morgan fingerprint density at radius 3 is 2.44 bits per heavy atom. The number of hydrogen-bond donors (Lipinski definition) is 2. The molecule has 0 fully saturated rings. The van der Waals surface area contributed by atoms with E-state index in [1.54, 1.807) is 20.8 Å². The predicted octanol–water partition coefficient (Wildman–Crippen LogP) is 3.76. The van der Waals surface area contributed by atoms with E-state index in [0.29, 0.717) is 0 Å². The maximum absolute atomic E-state index is 11.9. The molecule has 1 heterocycles. The smallest absolute Gasteiger partial charge is 0.408 e. The molecule has 0 saturated heterocycles. The number of carbonyl (C=O) groups excluding carboxylic acids is 1. The predicted molar refractivity (Wildman–Crippen MR) is 98.0 cm³/mol. The summed E-state index contributed by atoms with van der Waals surface area (Å²) in [4.78, 5) is 23.4. The third-order valence-electron chi connectivity index (χ3n) is 3.34. The van der Waals surface area contributed by atoms with E-state index in [4.69, 9.17) is 4.74 Å². The maximum Gasteiger partial charge on any atom is 0.408 e. The standard InChI is InChI=1S/C18H21BrN2O4/c1-18(2,3)25-17(24)20-15(16(22)23)11-14-5-4-10-21(14)13-8-6-12(19)7-9-13/h4-10,15H,11H2,1-3H3,(H,20,24)(H,22,23). The number of nitrogens with one attached hydrogen (secondary N) is 1. The zero-order chi connectivity index (χ0) is 18.6. The number of aliphatic carboxylic acids is 1. The molecule has 2 rings (SSSR count). The molecule has 0 aliphatic rings. The van der Waals surface area contributed by atoms with Crippen LogP contribution in [0.5, 0.6) is 0 Å². The van der Waals surface area contributed by atoms with Gasteiger partial charge in [-0.1, -0.05) is 15.9 Å². The van der Waals surface area contributed by atoms with Gasteiger partial charge in [-0.2, -0.15) is 0 Å². The van der Waals surface area contributed by atoms with Gasteiger partial charge in [-0.15, -0.1) is 0 Å². The first kappa shape index (κ1) is 19.1. The fourth-order valence-corrected chi connectivity index (χ4v) is 2.56. The number of rotatable bonds is 5. The second-order valence-corrected chi connectivity index (χ2v) is 7.50. The zero-order valence-corrected chi connectivity index (χ0v) is 15.9. The van der Waals surface area contributed by atoms with Gasteiger partial charge in [0, 0.05) is 28.5 Å². The minimum atomic E-state index is -1.12. The molecule has 0 aliphatic heterocycles. The normalized spacial score (nSPS) is 12.5. The number of carboxylic acids is 1. The van der Waals surface area contributed by atoms with Crippen LogP contribution in [0.25, 0.3) is 5.69 Å². The van der Waals surface area contributed by atoms with Crippen molar-refractivity contribution in [2.45, 2.75) is 38.8 Å². The number of amides is 1. The minimum absolute atomic E-state index is 0.137. The summed E-state index contributed by atoms with van der Waals surface area (Å²) in [5.74, 6) is -1.12. The Hall–Kier alpha value is -2.28. The number of carbonyl (C=O) groups is 2. The summed E-state index contributed by atoms with van der Waals surface area (Å²) < 4.78 is 7.99. The highest BCUT2D eigenvalue weighted by molar-refractivity contribution is 9.10. The van der Waals surface area contributed by atoms with E-state index in [0.717, 1.165) is 15.9 Å². The van der Waals surface area contributed by atoms with Crippen LogP contribution >= 0.6 is 15.9 Å². The second-order valence-electron chi connectivity index (χ2n) is 6.59. The van der Waals surface area contributed by atoms with Crippen LogP contribution in [-0.4, -0.2) is 33.4 Å². The molecule has 0 spiro atoms. The first-order valence-corrected chi connectivity index (χ1v) is 8.59. The summed E-state index contributed by atoms with van der Waals surface area (Å²) in [6.07, 6.45) is 1.24. The molecule has 0 saturated carbocycles. The van der Waals surface area contributed by atoms with Gasteiger partial charge in [0.1, 0.15) is 11.6 Å². The number of carboxylic acid groups (broad SMARTS) is 1. The molecular formula is C18H21BrN2O4. The van der Waals surface area contributed by atoms with Crippen molar-refractivity contribution in [1.29, 1.82) is 0 Å². The van der Waals surface area contributed by atoms with Crippen LogP contribution in [0, 0.1) is 0 Å². The molecule has 25 heavy (non-hydrogen) atoms. The Labute approximate surface area is 154 Å². The minimum Gasteiger partial charge on any atom is -0.480 e. The summed E-state index contributed by atoms with van der Waals surface area (Å²) in [5.41, 5.74) is 0.987. The molecule has 1 aromatic carbocycles. The van der Waals surface area contributed by atoms with Crippen molar-refractivity contribution >= 4 is 28.0 Å². The van der Waals surface area contributed by atoms with Crippen molar-refractivity contribution < 1.29 is 19.4 Å². The maximum atomic E-state index is 11.9. The summed E-state index contributed by atoms with van der Waals surface area (Å²) >= 11 is 3.39. The first-order valence-electron chi connectivity index (χ1n) is 7.80. The van der Waals surface area contributed by atoms with Gasteiger partial charge in [0.05, 0.1) is 0 Å². The lowest BCUT2D eigenvalue weighted by molar-refractivity contribution is -0.139. The molecule has 134 valence electrons. The Morgan fingerprint density at radius 1 is 1.24 bits per heavy atom. The fourth-order valence-electron chi connectivity index (χ4n) is 2.30.